The van der Waals surface area contributed by atoms with E-state index in [4.69, 9.17) is 9.15 Å². The lowest BCUT2D eigenvalue weighted by Crippen LogP contribution is -2.71. The Balaban J connectivity index is 1.15. The maximum Gasteiger partial charge on any atom is 0.328 e. The number of barbiturate groups is 1. The number of imide groups is 2. The van der Waals surface area contributed by atoms with Gasteiger partial charge in [-0.2, -0.15) is 0 Å². The van der Waals surface area contributed by atoms with Crippen LogP contribution in [0.4, 0.5) is 10.5 Å². The fourth-order valence-corrected chi connectivity index (χ4v) is 4.72. The lowest BCUT2D eigenvalue weighted by molar-refractivity contribution is -0.137. The molecule has 2 aromatic carbocycles. The number of nitrogens with zero attached hydrogens (tertiary/aromatic N) is 4. The Morgan fingerprint density at radius 3 is 2.11 bits per heavy atom. The van der Waals surface area contributed by atoms with Gasteiger partial charge in [0.05, 0.1) is 11.9 Å². The Labute approximate surface area is 216 Å². The highest BCUT2D eigenvalue weighted by molar-refractivity contribution is 6.24. The molecule has 1 spiro atoms. The zero-order valence-electron chi connectivity index (χ0n) is 20.3. The van der Waals surface area contributed by atoms with Crippen LogP contribution < -0.4 is 20.3 Å². The van der Waals surface area contributed by atoms with Crippen molar-refractivity contribution in [2.75, 3.05) is 11.4 Å². The van der Waals surface area contributed by atoms with Crippen molar-refractivity contribution in [1.29, 1.82) is 0 Å². The molecule has 11 nitrogen and oxygen atoms in total. The van der Waals surface area contributed by atoms with E-state index in [1.54, 1.807) is 35.4 Å². The van der Waals surface area contributed by atoms with Crippen molar-refractivity contribution in [2.45, 2.75) is 25.3 Å². The molecule has 0 saturated carbocycles. The maximum atomic E-state index is 12.7. The second kappa shape index (κ2) is 9.11. The second-order valence-electron chi connectivity index (χ2n) is 9.11. The van der Waals surface area contributed by atoms with Crippen molar-refractivity contribution in [2.24, 2.45) is 0 Å². The molecule has 2 aliphatic rings. The highest BCUT2D eigenvalue weighted by Crippen LogP contribution is 2.36. The molecule has 2 aliphatic heterocycles. The Kier molecular flexibility index (Phi) is 5.60. The summed E-state index contributed by atoms with van der Waals surface area (Å²) in [7, 11) is 0. The Hall–Kier alpha value is -5.06. The molecule has 0 unspecified atom stereocenters. The summed E-state index contributed by atoms with van der Waals surface area (Å²) < 4.78 is 11.7. The van der Waals surface area contributed by atoms with Gasteiger partial charge in [0.2, 0.25) is 17.7 Å². The topological polar surface area (TPSA) is 140 Å². The largest absolute Gasteiger partial charge is 0.439 e. The van der Waals surface area contributed by atoms with E-state index in [1.807, 2.05) is 43.3 Å². The molecule has 2 N–H and O–H groups in total. The van der Waals surface area contributed by atoms with Crippen LogP contribution in [0.3, 0.4) is 0 Å². The van der Waals surface area contributed by atoms with Gasteiger partial charge in [0.25, 0.3) is 11.8 Å². The number of amides is 4. The molecule has 38 heavy (non-hydrogen) atoms. The minimum absolute atomic E-state index is 0.301. The zero-order valence-corrected chi connectivity index (χ0v) is 20.3. The molecular weight excluding hydrogens is 488 g/mol. The van der Waals surface area contributed by atoms with E-state index in [2.05, 4.69) is 25.8 Å². The lowest BCUT2D eigenvalue weighted by Gasteiger charge is -2.38. The Bertz CT molecular complexity index is 1510. The van der Waals surface area contributed by atoms with Crippen LogP contribution in [-0.2, 0) is 9.59 Å². The SMILES string of the molecule is Cc1ccc(-c2nnc(-c3ccc(Oc4ccc(N5CCCC56C(=O)NC(=O)NC6=O)cn4)cc3)o2)cc1. The first-order valence-electron chi connectivity index (χ1n) is 12.0. The minimum atomic E-state index is -1.47. The smallest absolute Gasteiger partial charge is 0.328 e. The van der Waals surface area contributed by atoms with Gasteiger partial charge in [-0.3, -0.25) is 20.2 Å². The van der Waals surface area contributed by atoms with E-state index in [9.17, 15) is 14.4 Å². The molecule has 0 aliphatic carbocycles. The number of rotatable bonds is 5. The van der Waals surface area contributed by atoms with E-state index in [1.165, 1.54) is 0 Å². The number of anilines is 1. The second-order valence-corrected chi connectivity index (χ2v) is 9.11. The predicted octanol–water partition coefficient (Wildman–Crippen LogP) is 3.60. The van der Waals surface area contributed by atoms with Gasteiger partial charge in [0, 0.05) is 23.7 Å². The Morgan fingerprint density at radius 1 is 0.868 bits per heavy atom. The van der Waals surface area contributed by atoms with E-state index >= 15 is 0 Å². The number of hydrogen-bond acceptors (Lipinski definition) is 9. The third kappa shape index (κ3) is 4.03. The highest BCUT2D eigenvalue weighted by atomic mass is 16.5. The monoisotopic (exact) mass is 510 g/mol. The number of urea groups is 1. The van der Waals surface area contributed by atoms with Gasteiger partial charge in [-0.15, -0.1) is 10.2 Å². The summed E-state index contributed by atoms with van der Waals surface area (Å²) in [6, 6.07) is 17.6. The number of nitrogens with one attached hydrogen (secondary N) is 2. The number of aryl methyl sites for hydroxylation is 1. The van der Waals surface area contributed by atoms with Crippen molar-refractivity contribution in [3.8, 4) is 34.5 Å². The molecule has 2 aromatic heterocycles. The summed E-state index contributed by atoms with van der Waals surface area (Å²) in [6.07, 6.45) is 2.46. The number of carbonyl (C=O) groups is 3. The summed E-state index contributed by atoms with van der Waals surface area (Å²) in [5.74, 6) is 0.468. The van der Waals surface area contributed by atoms with Crippen molar-refractivity contribution in [1.82, 2.24) is 25.8 Å². The lowest BCUT2D eigenvalue weighted by atomic mass is 9.92. The van der Waals surface area contributed by atoms with Crippen LogP contribution in [0.15, 0.2) is 71.3 Å². The van der Waals surface area contributed by atoms with Crippen molar-refractivity contribution >= 4 is 23.5 Å². The van der Waals surface area contributed by atoms with E-state index in [0.29, 0.717) is 48.5 Å². The molecule has 190 valence electrons. The van der Waals surface area contributed by atoms with E-state index < -0.39 is 23.4 Å². The average Bonchev–Trinajstić information content (AvgIpc) is 3.58. The average molecular weight is 511 g/mol. The first kappa shape index (κ1) is 23.3. The van der Waals surface area contributed by atoms with Crippen LogP contribution in [0, 0.1) is 6.92 Å². The maximum absolute atomic E-state index is 12.7. The molecule has 0 radical (unpaired) electrons. The van der Waals surface area contributed by atoms with Gasteiger partial charge in [-0.1, -0.05) is 17.7 Å². The fourth-order valence-electron chi connectivity index (χ4n) is 4.72. The number of hydrogen-bond donors (Lipinski definition) is 2. The van der Waals surface area contributed by atoms with Crippen LogP contribution >= 0.6 is 0 Å². The summed E-state index contributed by atoms with van der Waals surface area (Å²) in [5.41, 5.74) is 1.85. The minimum Gasteiger partial charge on any atom is -0.439 e. The van der Waals surface area contributed by atoms with Gasteiger partial charge in [0.1, 0.15) is 5.75 Å². The van der Waals surface area contributed by atoms with Gasteiger partial charge < -0.3 is 14.1 Å². The fraction of sp³-hybridized carbons (Fsp3) is 0.185. The van der Waals surface area contributed by atoms with Crippen LogP contribution in [-0.4, -0.2) is 45.1 Å². The predicted molar refractivity (Wildman–Crippen MR) is 135 cm³/mol. The standard InChI is InChI=1S/C27H22N6O5/c1-16-3-5-17(6-4-16)22-31-32-23(38-22)18-7-10-20(11-8-18)37-21-12-9-19(15-28-21)33-14-2-13-27(33)24(34)29-26(36)30-25(27)35/h3-12,15H,2,13-14H2,1H3,(H2,29,30,34,35,36). The third-order valence-electron chi connectivity index (χ3n) is 6.67. The number of aromatic nitrogens is 3. The molecule has 2 saturated heterocycles. The van der Waals surface area contributed by atoms with Crippen molar-refractivity contribution < 1.29 is 23.5 Å². The number of ether oxygens (including phenoxy) is 1. The molecule has 4 aromatic rings. The first-order chi connectivity index (χ1) is 18.4. The number of pyridine rings is 1. The summed E-state index contributed by atoms with van der Waals surface area (Å²) >= 11 is 0. The van der Waals surface area contributed by atoms with E-state index in [0.717, 1.165) is 16.7 Å². The molecule has 0 atom stereocenters. The molecular formula is C27H22N6O5. The third-order valence-corrected chi connectivity index (χ3v) is 6.67. The van der Waals surface area contributed by atoms with Crippen LogP contribution in [0.5, 0.6) is 11.6 Å². The van der Waals surface area contributed by atoms with Gasteiger partial charge in [-0.05, 0) is 62.2 Å². The molecule has 4 amide bonds. The summed E-state index contributed by atoms with van der Waals surface area (Å²) in [4.78, 5) is 42.9. The van der Waals surface area contributed by atoms with Gasteiger partial charge >= 0.3 is 6.03 Å². The normalized spacial score (nSPS) is 16.4. The summed E-state index contributed by atoms with van der Waals surface area (Å²) in [5, 5.41) is 12.7. The van der Waals surface area contributed by atoms with Crippen LogP contribution in [0.25, 0.3) is 22.9 Å². The molecule has 2 fully saturated rings. The summed E-state index contributed by atoms with van der Waals surface area (Å²) in [6.45, 7) is 2.49. The van der Waals surface area contributed by atoms with Gasteiger partial charge in [-0.25, -0.2) is 9.78 Å². The quantitative estimate of drug-likeness (QED) is 0.385. The van der Waals surface area contributed by atoms with Gasteiger partial charge in [0.15, 0.2) is 5.54 Å². The highest BCUT2D eigenvalue weighted by Gasteiger charge is 2.57. The zero-order chi connectivity index (χ0) is 26.3. The van der Waals surface area contributed by atoms with Crippen molar-refractivity contribution in [3.05, 3.63) is 72.4 Å². The number of benzene rings is 2. The molecule has 4 heterocycles. The Morgan fingerprint density at radius 2 is 1.50 bits per heavy atom. The van der Waals surface area contributed by atoms with Crippen LogP contribution in [0.2, 0.25) is 0 Å². The van der Waals surface area contributed by atoms with E-state index in [-0.39, 0.29) is 0 Å². The number of carbonyl (C=O) groups excluding carboxylic acids is 3. The molecule has 6 rings (SSSR count). The first-order valence-corrected chi connectivity index (χ1v) is 12.0. The molecule has 11 heteroatoms. The van der Waals surface area contributed by atoms with Crippen LogP contribution in [0.1, 0.15) is 18.4 Å². The van der Waals surface area contributed by atoms with Crippen molar-refractivity contribution in [3.63, 3.8) is 0 Å². The molecule has 0 bridgehead atoms.